The fourth-order valence-corrected chi connectivity index (χ4v) is 2.74. The lowest BCUT2D eigenvalue weighted by atomic mass is 10.1. The van der Waals surface area contributed by atoms with Gasteiger partial charge >= 0.3 is 12.2 Å². The highest BCUT2D eigenvalue weighted by molar-refractivity contribution is 6.30. The highest BCUT2D eigenvalue weighted by Crippen LogP contribution is 2.38. The van der Waals surface area contributed by atoms with Crippen LogP contribution in [0.5, 0.6) is 0 Å². The van der Waals surface area contributed by atoms with Crippen molar-refractivity contribution in [2.45, 2.75) is 20.0 Å². The predicted octanol–water partition coefficient (Wildman–Crippen LogP) is 3.85. The molecule has 8 heteroatoms. The number of benzene rings is 1. The third kappa shape index (κ3) is 4.69. The van der Waals surface area contributed by atoms with Gasteiger partial charge in [-0.3, -0.25) is 0 Å². The number of amides is 2. The van der Waals surface area contributed by atoms with Crippen LogP contribution in [0.3, 0.4) is 0 Å². The van der Waals surface area contributed by atoms with E-state index in [-0.39, 0.29) is 16.7 Å². The summed E-state index contributed by atoms with van der Waals surface area (Å²) in [6.07, 6.45) is -4.47. The van der Waals surface area contributed by atoms with Crippen LogP contribution in [0.1, 0.15) is 19.4 Å². The van der Waals surface area contributed by atoms with Crippen molar-refractivity contribution in [2.75, 3.05) is 37.6 Å². The molecule has 1 N–H and O–H groups in total. The van der Waals surface area contributed by atoms with Gasteiger partial charge in [0.15, 0.2) is 0 Å². The summed E-state index contributed by atoms with van der Waals surface area (Å²) in [6, 6.07) is 3.61. The predicted molar refractivity (Wildman–Crippen MR) is 88.5 cm³/mol. The first-order valence-electron chi connectivity index (χ1n) is 7.83. The molecule has 1 aliphatic heterocycles. The minimum Gasteiger partial charge on any atom is -0.367 e. The van der Waals surface area contributed by atoms with Crippen molar-refractivity contribution in [1.29, 1.82) is 0 Å². The van der Waals surface area contributed by atoms with Crippen molar-refractivity contribution < 1.29 is 18.0 Å². The summed E-state index contributed by atoms with van der Waals surface area (Å²) in [6.45, 7) is 6.02. The second-order valence-electron chi connectivity index (χ2n) is 6.21. The van der Waals surface area contributed by atoms with Gasteiger partial charge in [0.05, 0.1) is 5.56 Å². The molecular weight excluding hydrogens is 343 g/mol. The average Bonchev–Trinajstić information content (AvgIpc) is 2.52. The Morgan fingerprint density at radius 2 is 1.88 bits per heavy atom. The van der Waals surface area contributed by atoms with Crippen LogP contribution < -0.4 is 10.2 Å². The molecule has 134 valence electrons. The number of hydrogen-bond acceptors (Lipinski definition) is 2. The average molecular weight is 364 g/mol. The molecule has 2 amide bonds. The molecule has 1 fully saturated rings. The largest absolute Gasteiger partial charge is 0.418 e. The number of piperazine rings is 1. The van der Waals surface area contributed by atoms with Gasteiger partial charge in [-0.2, -0.15) is 13.2 Å². The summed E-state index contributed by atoms with van der Waals surface area (Å²) in [4.78, 5) is 15.3. The van der Waals surface area contributed by atoms with Crippen molar-refractivity contribution in [1.82, 2.24) is 10.2 Å². The minimum absolute atomic E-state index is 0.0535. The Hall–Kier alpha value is -1.63. The lowest BCUT2D eigenvalue weighted by molar-refractivity contribution is -0.137. The van der Waals surface area contributed by atoms with Crippen LogP contribution in [0, 0.1) is 5.92 Å². The topological polar surface area (TPSA) is 35.6 Å². The Morgan fingerprint density at radius 1 is 1.25 bits per heavy atom. The zero-order valence-corrected chi connectivity index (χ0v) is 14.4. The number of rotatable bonds is 3. The van der Waals surface area contributed by atoms with E-state index in [1.807, 2.05) is 13.8 Å². The smallest absolute Gasteiger partial charge is 0.367 e. The number of urea groups is 1. The van der Waals surface area contributed by atoms with Crippen LogP contribution in [0.2, 0.25) is 5.02 Å². The van der Waals surface area contributed by atoms with Crippen molar-refractivity contribution in [3.63, 3.8) is 0 Å². The highest BCUT2D eigenvalue weighted by Gasteiger charge is 2.36. The molecule has 1 heterocycles. The first-order valence-corrected chi connectivity index (χ1v) is 8.20. The number of carbonyl (C=O) groups excluding carboxylic acids is 1. The Kier molecular flexibility index (Phi) is 5.85. The van der Waals surface area contributed by atoms with Gasteiger partial charge in [0.1, 0.15) is 0 Å². The molecular formula is C16H21ClF3N3O. The summed E-state index contributed by atoms with van der Waals surface area (Å²) < 4.78 is 39.6. The summed E-state index contributed by atoms with van der Waals surface area (Å²) in [5, 5.41) is 2.87. The molecule has 24 heavy (non-hydrogen) atoms. The maximum Gasteiger partial charge on any atom is 0.418 e. The molecule has 1 aromatic carbocycles. The number of hydrogen-bond donors (Lipinski definition) is 1. The Balaban J connectivity index is 2.04. The number of carbonyl (C=O) groups is 1. The molecule has 4 nitrogen and oxygen atoms in total. The monoisotopic (exact) mass is 363 g/mol. The van der Waals surface area contributed by atoms with E-state index in [1.54, 1.807) is 9.80 Å². The summed E-state index contributed by atoms with van der Waals surface area (Å²) in [5.41, 5.74) is -0.637. The van der Waals surface area contributed by atoms with Crippen molar-refractivity contribution >= 4 is 23.3 Å². The molecule has 0 saturated carbocycles. The van der Waals surface area contributed by atoms with Crippen molar-refractivity contribution in [2.24, 2.45) is 5.92 Å². The van der Waals surface area contributed by atoms with E-state index in [0.717, 1.165) is 6.07 Å². The standard InChI is InChI=1S/C16H21ClF3N3O/c1-11(2)10-21-15(24)23-7-5-22(6-8-23)14-4-3-12(17)9-13(14)16(18,19)20/h3-4,9,11H,5-8,10H2,1-2H3,(H,21,24). The fraction of sp³-hybridized carbons (Fsp3) is 0.562. The molecule has 0 radical (unpaired) electrons. The zero-order chi connectivity index (χ0) is 17.9. The van der Waals surface area contributed by atoms with Gasteiger partial charge in [0.25, 0.3) is 0 Å². The number of nitrogens with one attached hydrogen (secondary N) is 1. The van der Waals surface area contributed by atoms with E-state index in [1.165, 1.54) is 12.1 Å². The van der Waals surface area contributed by atoms with Gasteiger partial charge in [0.2, 0.25) is 0 Å². The maximum atomic E-state index is 13.2. The summed E-state index contributed by atoms with van der Waals surface area (Å²) in [7, 11) is 0. The van der Waals surface area contributed by atoms with E-state index < -0.39 is 11.7 Å². The van der Waals surface area contributed by atoms with Crippen LogP contribution in [0.25, 0.3) is 0 Å². The molecule has 1 saturated heterocycles. The fourth-order valence-electron chi connectivity index (χ4n) is 2.56. The van der Waals surface area contributed by atoms with Crippen LogP contribution in [0.4, 0.5) is 23.7 Å². The summed E-state index contributed by atoms with van der Waals surface area (Å²) >= 11 is 5.71. The Morgan fingerprint density at radius 3 is 2.42 bits per heavy atom. The van der Waals surface area contributed by atoms with Crippen LogP contribution >= 0.6 is 11.6 Å². The first kappa shape index (κ1) is 18.7. The van der Waals surface area contributed by atoms with Crippen molar-refractivity contribution in [3.8, 4) is 0 Å². The van der Waals surface area contributed by atoms with Gasteiger partial charge in [-0.05, 0) is 24.1 Å². The highest BCUT2D eigenvalue weighted by atomic mass is 35.5. The SMILES string of the molecule is CC(C)CNC(=O)N1CCN(c2ccc(Cl)cc2C(F)(F)F)CC1. The molecule has 0 atom stereocenters. The lowest BCUT2D eigenvalue weighted by Crippen LogP contribution is -2.52. The molecule has 0 aliphatic carbocycles. The Bertz CT molecular complexity index is 584. The van der Waals surface area contributed by atoms with E-state index in [2.05, 4.69) is 5.32 Å². The van der Waals surface area contributed by atoms with E-state index in [0.29, 0.717) is 38.6 Å². The first-order chi connectivity index (χ1) is 11.2. The second kappa shape index (κ2) is 7.51. The van der Waals surface area contributed by atoms with E-state index in [9.17, 15) is 18.0 Å². The van der Waals surface area contributed by atoms with Gasteiger partial charge in [-0.1, -0.05) is 25.4 Å². The normalized spacial score (nSPS) is 15.8. The molecule has 0 unspecified atom stereocenters. The van der Waals surface area contributed by atoms with Gasteiger partial charge in [-0.25, -0.2) is 4.79 Å². The molecule has 0 spiro atoms. The third-order valence-corrected chi connectivity index (χ3v) is 4.07. The number of alkyl halides is 3. The molecule has 0 aromatic heterocycles. The van der Waals surface area contributed by atoms with E-state index in [4.69, 9.17) is 11.6 Å². The van der Waals surface area contributed by atoms with Crippen LogP contribution in [0.15, 0.2) is 18.2 Å². The molecule has 1 aromatic rings. The molecule has 1 aliphatic rings. The van der Waals surface area contributed by atoms with Crippen molar-refractivity contribution in [3.05, 3.63) is 28.8 Å². The zero-order valence-electron chi connectivity index (χ0n) is 13.7. The summed E-state index contributed by atoms with van der Waals surface area (Å²) in [5.74, 6) is 0.346. The lowest BCUT2D eigenvalue weighted by Gasteiger charge is -2.37. The van der Waals surface area contributed by atoms with E-state index >= 15 is 0 Å². The second-order valence-corrected chi connectivity index (χ2v) is 6.65. The number of nitrogens with zero attached hydrogens (tertiary/aromatic N) is 2. The van der Waals surface area contributed by atoms with Gasteiger partial charge in [-0.15, -0.1) is 0 Å². The van der Waals surface area contributed by atoms with Crippen LogP contribution in [-0.2, 0) is 6.18 Å². The molecule has 2 rings (SSSR count). The molecule has 0 bridgehead atoms. The minimum atomic E-state index is -4.47. The third-order valence-electron chi connectivity index (χ3n) is 3.83. The maximum absolute atomic E-state index is 13.2. The number of anilines is 1. The number of halogens is 4. The van der Waals surface area contributed by atoms with Gasteiger partial charge in [0, 0.05) is 43.4 Å². The quantitative estimate of drug-likeness (QED) is 0.885. The van der Waals surface area contributed by atoms with Crippen LogP contribution in [-0.4, -0.2) is 43.7 Å². The van der Waals surface area contributed by atoms with Gasteiger partial charge < -0.3 is 15.1 Å². The Labute approximate surface area is 144 Å².